The van der Waals surface area contributed by atoms with Crippen LogP contribution in [0.25, 0.3) is 0 Å². The summed E-state index contributed by atoms with van der Waals surface area (Å²) in [7, 11) is 0. The Kier molecular flexibility index (Phi) is 4.80. The Morgan fingerprint density at radius 3 is 2.76 bits per heavy atom. The summed E-state index contributed by atoms with van der Waals surface area (Å²) in [5, 5.41) is 14.7. The quantitative estimate of drug-likeness (QED) is 0.765. The molecule has 0 aromatic heterocycles. The van der Waals surface area contributed by atoms with Crippen LogP contribution in [0.3, 0.4) is 0 Å². The highest BCUT2D eigenvalue weighted by Crippen LogP contribution is 2.30. The standard InChI is InChI=1S/C15H20N2O4/c1-15(5-7-16-8-6-15)14(20)17-11-3-2-4-12(9-11)21-10-13(18)19/h2-4,9,16H,5-8,10H2,1H3,(H,17,20)(H,18,19). The van der Waals surface area contributed by atoms with Crippen molar-refractivity contribution in [2.75, 3.05) is 25.0 Å². The minimum Gasteiger partial charge on any atom is -0.482 e. The molecule has 1 aromatic rings. The van der Waals surface area contributed by atoms with E-state index in [1.165, 1.54) is 0 Å². The molecule has 0 radical (unpaired) electrons. The van der Waals surface area contributed by atoms with Crippen LogP contribution in [0.2, 0.25) is 0 Å². The molecule has 0 spiro atoms. The van der Waals surface area contributed by atoms with Crippen molar-refractivity contribution in [2.45, 2.75) is 19.8 Å². The Morgan fingerprint density at radius 2 is 2.10 bits per heavy atom. The van der Waals surface area contributed by atoms with Gasteiger partial charge in [-0.05, 0) is 38.1 Å². The number of aliphatic carboxylic acids is 1. The van der Waals surface area contributed by atoms with Crippen molar-refractivity contribution < 1.29 is 19.4 Å². The minimum absolute atomic E-state index is 0.0145. The van der Waals surface area contributed by atoms with E-state index in [1.54, 1.807) is 24.3 Å². The van der Waals surface area contributed by atoms with Gasteiger partial charge in [0.2, 0.25) is 5.91 Å². The van der Waals surface area contributed by atoms with Crippen LogP contribution < -0.4 is 15.4 Å². The van der Waals surface area contributed by atoms with Gasteiger partial charge in [-0.1, -0.05) is 13.0 Å². The van der Waals surface area contributed by atoms with Crippen molar-refractivity contribution in [1.29, 1.82) is 0 Å². The molecule has 1 aromatic carbocycles. The van der Waals surface area contributed by atoms with E-state index in [9.17, 15) is 9.59 Å². The Labute approximate surface area is 123 Å². The number of benzene rings is 1. The number of nitrogens with one attached hydrogen (secondary N) is 2. The average Bonchev–Trinajstić information content (AvgIpc) is 2.46. The number of piperidine rings is 1. The molecule has 1 aliphatic heterocycles. The number of hydrogen-bond acceptors (Lipinski definition) is 4. The summed E-state index contributed by atoms with van der Waals surface area (Å²) in [4.78, 5) is 22.9. The van der Waals surface area contributed by atoms with Gasteiger partial charge in [0.1, 0.15) is 5.75 Å². The van der Waals surface area contributed by atoms with Gasteiger partial charge in [0.25, 0.3) is 0 Å². The van der Waals surface area contributed by atoms with Gasteiger partial charge in [-0.25, -0.2) is 4.79 Å². The van der Waals surface area contributed by atoms with E-state index in [4.69, 9.17) is 9.84 Å². The van der Waals surface area contributed by atoms with Gasteiger partial charge in [0.15, 0.2) is 6.61 Å². The van der Waals surface area contributed by atoms with Crippen molar-refractivity contribution in [2.24, 2.45) is 5.41 Å². The maximum Gasteiger partial charge on any atom is 0.341 e. The van der Waals surface area contributed by atoms with Gasteiger partial charge in [-0.15, -0.1) is 0 Å². The molecule has 1 fully saturated rings. The molecular formula is C15H20N2O4. The van der Waals surface area contributed by atoms with Gasteiger partial charge < -0.3 is 20.5 Å². The van der Waals surface area contributed by atoms with Gasteiger partial charge in [-0.2, -0.15) is 0 Å². The second kappa shape index (κ2) is 6.58. The van der Waals surface area contributed by atoms with Crippen molar-refractivity contribution >= 4 is 17.6 Å². The second-order valence-electron chi connectivity index (χ2n) is 5.48. The predicted molar refractivity (Wildman–Crippen MR) is 78.4 cm³/mol. The molecule has 1 aliphatic rings. The van der Waals surface area contributed by atoms with Crippen LogP contribution in [0.15, 0.2) is 24.3 Å². The molecule has 0 saturated carbocycles. The molecule has 0 unspecified atom stereocenters. The fraction of sp³-hybridized carbons (Fsp3) is 0.467. The van der Waals surface area contributed by atoms with E-state index in [0.29, 0.717) is 11.4 Å². The lowest BCUT2D eigenvalue weighted by atomic mass is 9.80. The van der Waals surface area contributed by atoms with Crippen LogP contribution in [-0.4, -0.2) is 36.7 Å². The van der Waals surface area contributed by atoms with E-state index in [-0.39, 0.29) is 11.3 Å². The first-order valence-electron chi connectivity index (χ1n) is 6.96. The molecule has 1 heterocycles. The van der Waals surface area contributed by atoms with Crippen molar-refractivity contribution in [3.8, 4) is 5.75 Å². The number of carboxylic acids is 1. The first-order valence-corrected chi connectivity index (χ1v) is 6.96. The van der Waals surface area contributed by atoms with Crippen LogP contribution in [0.5, 0.6) is 5.75 Å². The normalized spacial score (nSPS) is 17.0. The molecule has 0 atom stereocenters. The average molecular weight is 292 g/mol. The molecule has 0 aliphatic carbocycles. The van der Waals surface area contributed by atoms with E-state index < -0.39 is 12.6 Å². The number of anilines is 1. The zero-order chi connectivity index (χ0) is 15.3. The maximum atomic E-state index is 12.4. The Hall–Kier alpha value is -2.08. The van der Waals surface area contributed by atoms with Crippen LogP contribution in [0.4, 0.5) is 5.69 Å². The van der Waals surface area contributed by atoms with Crippen molar-refractivity contribution in [3.63, 3.8) is 0 Å². The SMILES string of the molecule is CC1(C(=O)Nc2cccc(OCC(=O)O)c2)CCNCC1. The fourth-order valence-corrected chi connectivity index (χ4v) is 2.30. The molecular weight excluding hydrogens is 272 g/mol. The van der Waals surface area contributed by atoms with Gasteiger partial charge in [0.05, 0.1) is 0 Å². The summed E-state index contributed by atoms with van der Waals surface area (Å²) < 4.78 is 5.10. The first kappa shape index (κ1) is 15.3. The fourth-order valence-electron chi connectivity index (χ4n) is 2.30. The van der Waals surface area contributed by atoms with Crippen LogP contribution in [-0.2, 0) is 9.59 Å². The third kappa shape index (κ3) is 4.19. The lowest BCUT2D eigenvalue weighted by Gasteiger charge is -2.32. The molecule has 6 nitrogen and oxygen atoms in total. The summed E-state index contributed by atoms with van der Waals surface area (Å²) in [6, 6.07) is 6.77. The lowest BCUT2D eigenvalue weighted by Crippen LogP contribution is -2.42. The van der Waals surface area contributed by atoms with Crippen molar-refractivity contribution in [3.05, 3.63) is 24.3 Å². The van der Waals surface area contributed by atoms with Gasteiger partial charge >= 0.3 is 5.97 Å². The Morgan fingerprint density at radius 1 is 1.38 bits per heavy atom. The highest BCUT2D eigenvalue weighted by Gasteiger charge is 2.34. The molecule has 2 rings (SSSR count). The Bertz CT molecular complexity index is 524. The van der Waals surface area contributed by atoms with E-state index in [2.05, 4.69) is 10.6 Å². The molecule has 1 saturated heterocycles. The van der Waals surface area contributed by atoms with Crippen molar-refractivity contribution in [1.82, 2.24) is 5.32 Å². The zero-order valence-electron chi connectivity index (χ0n) is 12.0. The van der Waals surface area contributed by atoms with E-state index in [0.717, 1.165) is 25.9 Å². The highest BCUT2D eigenvalue weighted by molar-refractivity contribution is 5.95. The smallest absolute Gasteiger partial charge is 0.341 e. The molecule has 3 N–H and O–H groups in total. The molecule has 1 amide bonds. The Balaban J connectivity index is 2.00. The topological polar surface area (TPSA) is 87.7 Å². The summed E-state index contributed by atoms with van der Waals surface area (Å²) in [6.07, 6.45) is 1.60. The molecule has 21 heavy (non-hydrogen) atoms. The van der Waals surface area contributed by atoms with Crippen LogP contribution >= 0.6 is 0 Å². The van der Waals surface area contributed by atoms with E-state index in [1.807, 2.05) is 6.92 Å². The second-order valence-corrected chi connectivity index (χ2v) is 5.48. The first-order chi connectivity index (χ1) is 9.99. The van der Waals surface area contributed by atoms with Gasteiger partial charge in [0, 0.05) is 17.2 Å². The maximum absolute atomic E-state index is 12.4. The predicted octanol–water partition coefficient (Wildman–Crippen LogP) is 1.48. The largest absolute Gasteiger partial charge is 0.482 e. The zero-order valence-corrected chi connectivity index (χ0v) is 12.0. The summed E-state index contributed by atoms with van der Waals surface area (Å²) in [6.45, 7) is 3.24. The number of amides is 1. The summed E-state index contributed by atoms with van der Waals surface area (Å²) in [5.74, 6) is -0.628. The molecule has 0 bridgehead atoms. The number of carboxylic acid groups (broad SMARTS) is 1. The van der Waals surface area contributed by atoms with Crippen LogP contribution in [0.1, 0.15) is 19.8 Å². The number of carbonyl (C=O) groups is 2. The monoisotopic (exact) mass is 292 g/mol. The summed E-state index contributed by atoms with van der Waals surface area (Å²) >= 11 is 0. The van der Waals surface area contributed by atoms with Crippen LogP contribution in [0, 0.1) is 5.41 Å². The minimum atomic E-state index is -1.04. The molecule has 6 heteroatoms. The third-order valence-electron chi connectivity index (χ3n) is 3.71. The highest BCUT2D eigenvalue weighted by atomic mass is 16.5. The van der Waals surface area contributed by atoms with Gasteiger partial charge in [-0.3, -0.25) is 4.79 Å². The number of hydrogen-bond donors (Lipinski definition) is 3. The number of carbonyl (C=O) groups excluding carboxylic acids is 1. The number of rotatable bonds is 5. The van der Waals surface area contributed by atoms with E-state index >= 15 is 0 Å². The lowest BCUT2D eigenvalue weighted by molar-refractivity contribution is -0.139. The number of ether oxygens (including phenoxy) is 1. The molecule has 114 valence electrons. The third-order valence-corrected chi connectivity index (χ3v) is 3.71. The summed E-state index contributed by atoms with van der Waals surface area (Å²) in [5.41, 5.74) is 0.242.